The lowest BCUT2D eigenvalue weighted by atomic mass is 9.88. The molecule has 2 aliphatic rings. The van der Waals surface area contributed by atoms with Gasteiger partial charge in [-0.1, -0.05) is 60.7 Å². The zero-order valence-electron chi connectivity index (χ0n) is 15.9. The number of hydrogen-bond acceptors (Lipinski definition) is 2. The molecule has 4 rings (SSSR count). The van der Waals surface area contributed by atoms with Gasteiger partial charge in [0.05, 0.1) is 13.2 Å². The summed E-state index contributed by atoms with van der Waals surface area (Å²) in [5, 5.41) is 3.51. The summed E-state index contributed by atoms with van der Waals surface area (Å²) in [6.07, 6.45) is 15.2. The number of benzene rings is 2. The molecule has 1 aliphatic carbocycles. The van der Waals surface area contributed by atoms with Gasteiger partial charge in [0, 0.05) is 11.1 Å². The second-order valence-corrected chi connectivity index (χ2v) is 7.00. The zero-order chi connectivity index (χ0) is 18.6. The van der Waals surface area contributed by atoms with Crippen LogP contribution in [0.1, 0.15) is 41.1 Å². The van der Waals surface area contributed by atoms with Crippen LogP contribution in [0.5, 0.6) is 5.75 Å². The van der Waals surface area contributed by atoms with Crippen LogP contribution < -0.4 is 10.1 Å². The Morgan fingerprint density at radius 3 is 2.67 bits per heavy atom. The fourth-order valence-electron chi connectivity index (χ4n) is 3.90. The van der Waals surface area contributed by atoms with E-state index in [0.29, 0.717) is 0 Å². The summed E-state index contributed by atoms with van der Waals surface area (Å²) in [4.78, 5) is 0. The largest absolute Gasteiger partial charge is 0.496 e. The van der Waals surface area contributed by atoms with Gasteiger partial charge in [0.15, 0.2) is 0 Å². The first-order chi connectivity index (χ1) is 13.3. The number of aryl methyl sites for hydroxylation is 1. The Bertz CT molecular complexity index is 948. The molecule has 1 unspecified atom stereocenters. The molecule has 0 fully saturated rings. The molecule has 1 N–H and O–H groups in total. The Morgan fingerprint density at radius 1 is 1.07 bits per heavy atom. The summed E-state index contributed by atoms with van der Waals surface area (Å²) in [5.74, 6) is 0.980. The van der Waals surface area contributed by atoms with Gasteiger partial charge in [-0.3, -0.25) is 0 Å². The maximum Gasteiger partial charge on any atom is 0.132 e. The van der Waals surface area contributed by atoms with E-state index in [1.54, 1.807) is 7.11 Å². The van der Waals surface area contributed by atoms with Crippen molar-refractivity contribution in [1.29, 1.82) is 0 Å². The van der Waals surface area contributed by atoms with E-state index in [2.05, 4.69) is 85.1 Å². The SMILES string of the molecule is COc1c(C2=CC=CCC2)ccc(C)c1C1C=C(c2ccccc2)C=CN1. The molecule has 2 heteroatoms. The van der Waals surface area contributed by atoms with Gasteiger partial charge in [-0.15, -0.1) is 0 Å². The van der Waals surface area contributed by atoms with E-state index in [-0.39, 0.29) is 6.04 Å². The lowest BCUT2D eigenvalue weighted by molar-refractivity contribution is 0.404. The van der Waals surface area contributed by atoms with Crippen LogP contribution in [-0.2, 0) is 0 Å². The van der Waals surface area contributed by atoms with Gasteiger partial charge in [0.1, 0.15) is 5.75 Å². The number of ether oxygens (including phenoxy) is 1. The summed E-state index contributed by atoms with van der Waals surface area (Å²) in [6.45, 7) is 2.16. The maximum atomic E-state index is 5.95. The van der Waals surface area contributed by atoms with Crippen molar-refractivity contribution in [3.05, 3.63) is 101 Å². The second kappa shape index (κ2) is 7.71. The molecule has 1 atom stereocenters. The molecule has 0 saturated heterocycles. The van der Waals surface area contributed by atoms with Crippen LogP contribution >= 0.6 is 0 Å². The summed E-state index contributed by atoms with van der Waals surface area (Å²) >= 11 is 0. The highest BCUT2D eigenvalue weighted by Crippen LogP contribution is 2.40. The predicted molar refractivity (Wildman–Crippen MR) is 114 cm³/mol. The number of methoxy groups -OCH3 is 1. The van der Waals surface area contributed by atoms with Crippen molar-refractivity contribution in [3.63, 3.8) is 0 Å². The summed E-state index contributed by atoms with van der Waals surface area (Å²) in [6, 6.07) is 15.0. The highest BCUT2D eigenvalue weighted by molar-refractivity contribution is 5.78. The predicted octanol–water partition coefficient (Wildman–Crippen LogP) is 5.98. The van der Waals surface area contributed by atoms with Crippen LogP contribution in [0.25, 0.3) is 11.1 Å². The lowest BCUT2D eigenvalue weighted by Gasteiger charge is -2.26. The Balaban J connectivity index is 1.79. The summed E-state index contributed by atoms with van der Waals surface area (Å²) in [7, 11) is 1.78. The molecule has 1 heterocycles. The molecule has 2 aromatic rings. The molecular formula is C25H25NO. The molecule has 0 spiro atoms. The molecule has 0 bridgehead atoms. The van der Waals surface area contributed by atoms with Gasteiger partial charge in [-0.2, -0.15) is 0 Å². The first-order valence-electron chi connectivity index (χ1n) is 9.51. The minimum Gasteiger partial charge on any atom is -0.496 e. The van der Waals surface area contributed by atoms with Crippen molar-refractivity contribution in [3.8, 4) is 5.75 Å². The van der Waals surface area contributed by atoms with Crippen molar-refractivity contribution in [1.82, 2.24) is 5.32 Å². The first-order valence-corrected chi connectivity index (χ1v) is 9.51. The van der Waals surface area contributed by atoms with Gasteiger partial charge in [-0.05, 0) is 60.4 Å². The molecule has 27 heavy (non-hydrogen) atoms. The van der Waals surface area contributed by atoms with Crippen LogP contribution in [0, 0.1) is 6.92 Å². The standard InChI is InChI=1S/C25H25NO/c1-18-13-14-22(20-11-7-4-8-12-20)25(27-2)24(18)23-17-21(15-16-26-23)19-9-5-3-6-10-19/h3-7,9-11,13-17,23,26H,8,12H2,1-2H3. The molecule has 1 aliphatic heterocycles. The number of nitrogens with one attached hydrogen (secondary N) is 1. The second-order valence-electron chi connectivity index (χ2n) is 7.00. The van der Waals surface area contributed by atoms with Crippen molar-refractivity contribution in [2.75, 3.05) is 7.11 Å². The molecule has 136 valence electrons. The third kappa shape index (κ3) is 3.48. The van der Waals surface area contributed by atoms with E-state index in [1.165, 1.54) is 33.4 Å². The third-order valence-electron chi connectivity index (χ3n) is 5.28. The summed E-state index contributed by atoms with van der Waals surface area (Å²) in [5.41, 5.74) is 7.45. The van der Waals surface area contributed by atoms with Crippen molar-refractivity contribution in [2.24, 2.45) is 0 Å². The molecule has 0 saturated carbocycles. The Kier molecular flexibility index (Phi) is 4.97. The van der Waals surface area contributed by atoms with Crippen molar-refractivity contribution < 1.29 is 4.74 Å². The van der Waals surface area contributed by atoms with Crippen LogP contribution in [0.3, 0.4) is 0 Å². The average Bonchev–Trinajstić information content (AvgIpc) is 2.74. The zero-order valence-corrected chi connectivity index (χ0v) is 15.9. The minimum atomic E-state index is 0.0832. The van der Waals surface area contributed by atoms with Crippen LogP contribution in [0.15, 0.2) is 79.0 Å². The van der Waals surface area contributed by atoms with Crippen molar-refractivity contribution >= 4 is 11.1 Å². The normalized spacial score (nSPS) is 18.5. The number of hydrogen-bond donors (Lipinski definition) is 1. The summed E-state index contributed by atoms with van der Waals surface area (Å²) < 4.78 is 5.95. The Labute approximate surface area is 161 Å². The molecule has 0 amide bonds. The highest BCUT2D eigenvalue weighted by atomic mass is 16.5. The van der Waals surface area contributed by atoms with E-state index >= 15 is 0 Å². The van der Waals surface area contributed by atoms with Crippen molar-refractivity contribution in [2.45, 2.75) is 25.8 Å². The number of allylic oxidation sites excluding steroid dienone is 6. The van der Waals surface area contributed by atoms with Crippen LogP contribution in [0.2, 0.25) is 0 Å². The molecule has 0 radical (unpaired) electrons. The molecule has 0 aromatic heterocycles. The van der Waals surface area contributed by atoms with Crippen LogP contribution in [-0.4, -0.2) is 7.11 Å². The molecular weight excluding hydrogens is 330 g/mol. The van der Waals surface area contributed by atoms with E-state index in [0.717, 1.165) is 18.6 Å². The van der Waals surface area contributed by atoms with Gasteiger partial charge in [0.25, 0.3) is 0 Å². The monoisotopic (exact) mass is 355 g/mol. The fraction of sp³-hybridized carbons (Fsp3) is 0.200. The fourth-order valence-corrected chi connectivity index (χ4v) is 3.90. The van der Waals surface area contributed by atoms with E-state index in [9.17, 15) is 0 Å². The molecule has 2 aromatic carbocycles. The lowest BCUT2D eigenvalue weighted by Crippen LogP contribution is -2.19. The number of dihydropyridines is 1. The topological polar surface area (TPSA) is 21.3 Å². The average molecular weight is 355 g/mol. The van der Waals surface area contributed by atoms with E-state index in [1.807, 2.05) is 6.20 Å². The maximum absolute atomic E-state index is 5.95. The van der Waals surface area contributed by atoms with E-state index in [4.69, 9.17) is 4.74 Å². The quantitative estimate of drug-likeness (QED) is 0.728. The highest BCUT2D eigenvalue weighted by Gasteiger charge is 2.22. The van der Waals surface area contributed by atoms with Gasteiger partial charge in [0.2, 0.25) is 0 Å². The first kappa shape index (κ1) is 17.4. The third-order valence-corrected chi connectivity index (χ3v) is 5.28. The van der Waals surface area contributed by atoms with Crippen LogP contribution in [0.4, 0.5) is 0 Å². The van der Waals surface area contributed by atoms with Gasteiger partial charge >= 0.3 is 0 Å². The molecule has 2 nitrogen and oxygen atoms in total. The minimum absolute atomic E-state index is 0.0832. The van der Waals surface area contributed by atoms with E-state index < -0.39 is 0 Å². The Hall–Kier alpha value is -3.00. The number of rotatable bonds is 4. The smallest absolute Gasteiger partial charge is 0.132 e. The van der Waals surface area contributed by atoms with Gasteiger partial charge in [-0.25, -0.2) is 0 Å². The Morgan fingerprint density at radius 2 is 1.93 bits per heavy atom. The van der Waals surface area contributed by atoms with Gasteiger partial charge < -0.3 is 10.1 Å².